The molecule has 0 saturated carbocycles. The Labute approximate surface area is 125 Å². The van der Waals surface area contributed by atoms with E-state index in [9.17, 15) is 0 Å². The van der Waals surface area contributed by atoms with Gasteiger partial charge in [-0.15, -0.1) is 0 Å². The zero-order valence-electron chi connectivity index (χ0n) is 11.9. The van der Waals surface area contributed by atoms with Crippen LogP contribution in [0.5, 0.6) is 0 Å². The van der Waals surface area contributed by atoms with E-state index in [-0.39, 0.29) is 6.04 Å². The van der Waals surface area contributed by atoms with E-state index in [0.29, 0.717) is 0 Å². The molecule has 1 aromatic heterocycles. The Kier molecular flexibility index (Phi) is 4.12. The fourth-order valence-corrected chi connectivity index (χ4v) is 2.52. The van der Waals surface area contributed by atoms with Crippen LogP contribution in [0.25, 0.3) is 0 Å². The lowest BCUT2D eigenvalue weighted by molar-refractivity contribution is 0.631. The van der Waals surface area contributed by atoms with Crippen LogP contribution in [0.2, 0.25) is 0 Å². The van der Waals surface area contributed by atoms with E-state index >= 15 is 0 Å². The van der Waals surface area contributed by atoms with Gasteiger partial charge in [0.1, 0.15) is 0 Å². The molecule has 0 unspecified atom stereocenters. The molecule has 0 saturated heterocycles. The van der Waals surface area contributed by atoms with Crippen molar-refractivity contribution in [2.75, 3.05) is 0 Å². The molecule has 3 aromatic rings. The Morgan fingerprint density at radius 2 is 1.52 bits per heavy atom. The van der Waals surface area contributed by atoms with E-state index in [2.05, 4.69) is 45.9 Å². The Hall–Kier alpha value is -2.39. The first kappa shape index (κ1) is 13.6. The van der Waals surface area contributed by atoms with E-state index in [4.69, 9.17) is 5.73 Å². The summed E-state index contributed by atoms with van der Waals surface area (Å²) in [5, 5.41) is 0. The Morgan fingerprint density at radius 3 is 2.19 bits per heavy atom. The van der Waals surface area contributed by atoms with Gasteiger partial charge in [0.15, 0.2) is 0 Å². The normalized spacial score (nSPS) is 12.2. The second-order valence-electron chi connectivity index (χ2n) is 5.23. The molecule has 21 heavy (non-hydrogen) atoms. The van der Waals surface area contributed by atoms with Gasteiger partial charge in [-0.2, -0.15) is 0 Å². The van der Waals surface area contributed by atoms with Crippen molar-refractivity contribution in [3.05, 3.63) is 90.0 Å². The molecule has 0 bridgehead atoms. The first-order valence-electron chi connectivity index (χ1n) is 7.16. The molecule has 2 aromatic carbocycles. The largest absolute Gasteiger partial charge is 0.329 e. The van der Waals surface area contributed by atoms with Gasteiger partial charge < -0.3 is 10.3 Å². The van der Waals surface area contributed by atoms with E-state index in [1.807, 2.05) is 36.8 Å². The van der Waals surface area contributed by atoms with Crippen LogP contribution in [0.3, 0.4) is 0 Å². The quantitative estimate of drug-likeness (QED) is 0.778. The SMILES string of the molecule is N[C@H](Cc1ccccc1)c1cncn1Cc1ccccc1. The number of rotatable bonds is 5. The lowest BCUT2D eigenvalue weighted by atomic mass is 10.0. The highest BCUT2D eigenvalue weighted by Crippen LogP contribution is 2.17. The second-order valence-corrected chi connectivity index (χ2v) is 5.23. The summed E-state index contributed by atoms with van der Waals surface area (Å²) in [7, 11) is 0. The molecule has 1 atom stereocenters. The molecule has 0 aliphatic heterocycles. The zero-order chi connectivity index (χ0) is 14.5. The smallest absolute Gasteiger partial charge is 0.0951 e. The molecule has 0 radical (unpaired) electrons. The van der Waals surface area contributed by atoms with Crippen LogP contribution in [-0.2, 0) is 13.0 Å². The van der Waals surface area contributed by atoms with Crippen LogP contribution in [-0.4, -0.2) is 9.55 Å². The first-order valence-corrected chi connectivity index (χ1v) is 7.16. The third-order valence-corrected chi connectivity index (χ3v) is 3.62. The predicted octanol–water partition coefficient (Wildman–Crippen LogP) is 3.17. The van der Waals surface area contributed by atoms with E-state index in [1.54, 1.807) is 0 Å². The van der Waals surface area contributed by atoms with Crippen LogP contribution in [0, 0.1) is 0 Å². The van der Waals surface area contributed by atoms with Crippen molar-refractivity contribution in [1.82, 2.24) is 9.55 Å². The summed E-state index contributed by atoms with van der Waals surface area (Å²) < 4.78 is 2.13. The molecule has 0 aliphatic rings. The number of imidazole rings is 1. The van der Waals surface area contributed by atoms with Gasteiger partial charge in [-0.3, -0.25) is 0 Å². The Morgan fingerprint density at radius 1 is 0.905 bits per heavy atom. The number of nitrogens with two attached hydrogens (primary N) is 1. The van der Waals surface area contributed by atoms with Crippen molar-refractivity contribution in [1.29, 1.82) is 0 Å². The van der Waals surface area contributed by atoms with E-state index < -0.39 is 0 Å². The monoisotopic (exact) mass is 277 g/mol. The number of aromatic nitrogens is 2. The van der Waals surface area contributed by atoms with Gasteiger partial charge in [0.25, 0.3) is 0 Å². The van der Waals surface area contributed by atoms with Crippen molar-refractivity contribution in [2.24, 2.45) is 5.73 Å². The minimum atomic E-state index is -0.0430. The maximum absolute atomic E-state index is 6.37. The lowest BCUT2D eigenvalue weighted by Crippen LogP contribution is -2.18. The molecular weight excluding hydrogens is 258 g/mol. The van der Waals surface area contributed by atoms with Gasteiger partial charge in [-0.1, -0.05) is 60.7 Å². The minimum absolute atomic E-state index is 0.0430. The summed E-state index contributed by atoms with van der Waals surface area (Å²) in [6.07, 6.45) is 4.55. The third-order valence-electron chi connectivity index (χ3n) is 3.62. The summed E-state index contributed by atoms with van der Waals surface area (Å²) >= 11 is 0. The van der Waals surface area contributed by atoms with Crippen LogP contribution < -0.4 is 5.73 Å². The fraction of sp³-hybridized carbons (Fsp3) is 0.167. The topological polar surface area (TPSA) is 43.8 Å². The van der Waals surface area contributed by atoms with Gasteiger partial charge >= 0.3 is 0 Å². The maximum Gasteiger partial charge on any atom is 0.0951 e. The van der Waals surface area contributed by atoms with Gasteiger partial charge in [0.05, 0.1) is 18.1 Å². The first-order chi connectivity index (χ1) is 10.3. The zero-order valence-corrected chi connectivity index (χ0v) is 11.9. The molecule has 3 rings (SSSR count). The fourth-order valence-electron chi connectivity index (χ4n) is 2.52. The Balaban J connectivity index is 1.75. The van der Waals surface area contributed by atoms with Gasteiger partial charge in [0.2, 0.25) is 0 Å². The van der Waals surface area contributed by atoms with E-state index in [0.717, 1.165) is 18.7 Å². The molecule has 0 amide bonds. The average Bonchev–Trinajstić information content (AvgIpc) is 2.97. The summed E-state index contributed by atoms with van der Waals surface area (Å²) in [6, 6.07) is 20.7. The van der Waals surface area contributed by atoms with Crippen molar-refractivity contribution in [3.63, 3.8) is 0 Å². The van der Waals surface area contributed by atoms with Crippen molar-refractivity contribution in [2.45, 2.75) is 19.0 Å². The van der Waals surface area contributed by atoms with Crippen molar-refractivity contribution < 1.29 is 0 Å². The molecule has 106 valence electrons. The highest BCUT2D eigenvalue weighted by Gasteiger charge is 2.12. The Bertz CT molecular complexity index is 674. The van der Waals surface area contributed by atoms with E-state index in [1.165, 1.54) is 11.1 Å². The molecular formula is C18H19N3. The number of hydrogen-bond acceptors (Lipinski definition) is 2. The van der Waals surface area contributed by atoms with Crippen LogP contribution in [0.1, 0.15) is 22.9 Å². The highest BCUT2D eigenvalue weighted by molar-refractivity contribution is 5.20. The molecule has 1 heterocycles. The lowest BCUT2D eigenvalue weighted by Gasteiger charge is -2.15. The maximum atomic E-state index is 6.37. The minimum Gasteiger partial charge on any atom is -0.329 e. The number of hydrogen-bond donors (Lipinski definition) is 1. The number of nitrogens with zero attached hydrogens (tertiary/aromatic N) is 2. The van der Waals surface area contributed by atoms with Gasteiger partial charge in [0, 0.05) is 12.7 Å². The average molecular weight is 277 g/mol. The van der Waals surface area contributed by atoms with Gasteiger partial charge in [-0.25, -0.2) is 4.98 Å². The molecule has 3 nitrogen and oxygen atoms in total. The summed E-state index contributed by atoms with van der Waals surface area (Å²) in [5.41, 5.74) is 9.94. The summed E-state index contributed by atoms with van der Waals surface area (Å²) in [6.45, 7) is 0.804. The molecule has 2 N–H and O–H groups in total. The third kappa shape index (κ3) is 3.38. The highest BCUT2D eigenvalue weighted by atomic mass is 15.1. The number of benzene rings is 2. The van der Waals surface area contributed by atoms with Crippen molar-refractivity contribution >= 4 is 0 Å². The van der Waals surface area contributed by atoms with Crippen LogP contribution in [0.4, 0.5) is 0 Å². The van der Waals surface area contributed by atoms with Gasteiger partial charge in [-0.05, 0) is 17.5 Å². The second kappa shape index (κ2) is 6.37. The van der Waals surface area contributed by atoms with Crippen LogP contribution in [0.15, 0.2) is 73.2 Å². The van der Waals surface area contributed by atoms with Crippen LogP contribution >= 0.6 is 0 Å². The standard InChI is InChI=1S/C18H19N3/c19-17(11-15-7-3-1-4-8-15)18-12-20-14-21(18)13-16-9-5-2-6-10-16/h1-10,12,14,17H,11,13,19H2/t17-/m1/s1. The molecule has 0 fully saturated rings. The summed E-state index contributed by atoms with van der Waals surface area (Å²) in [5.74, 6) is 0. The molecule has 3 heteroatoms. The molecule has 0 aliphatic carbocycles. The molecule has 0 spiro atoms. The predicted molar refractivity (Wildman–Crippen MR) is 84.8 cm³/mol. The van der Waals surface area contributed by atoms with Crippen molar-refractivity contribution in [3.8, 4) is 0 Å². The summed E-state index contributed by atoms with van der Waals surface area (Å²) in [4.78, 5) is 4.26.